The van der Waals surface area contributed by atoms with E-state index in [1.807, 2.05) is 40.1 Å². The largest absolute Gasteiger partial charge is 0.340 e. The van der Waals surface area contributed by atoms with Gasteiger partial charge in [-0.05, 0) is 32.1 Å². The van der Waals surface area contributed by atoms with Crippen molar-refractivity contribution >= 4 is 11.8 Å². The van der Waals surface area contributed by atoms with E-state index in [-0.39, 0.29) is 23.8 Å². The molecule has 2 fully saturated rings. The molecule has 0 radical (unpaired) electrons. The summed E-state index contributed by atoms with van der Waals surface area (Å²) in [4.78, 5) is 37.9. The number of carbonyl (C=O) groups is 2. The Balaban J connectivity index is 1.33. The molecule has 0 unspecified atom stereocenters. The smallest absolute Gasteiger partial charge is 0.245 e. The summed E-state index contributed by atoms with van der Waals surface area (Å²) in [6, 6.07) is 9.79. The Morgan fingerprint density at radius 2 is 1.82 bits per heavy atom. The number of amides is 2. The van der Waals surface area contributed by atoms with Crippen LogP contribution in [0.3, 0.4) is 0 Å². The maximum atomic E-state index is 13.3. The van der Waals surface area contributed by atoms with E-state index in [9.17, 15) is 9.59 Å². The highest BCUT2D eigenvalue weighted by molar-refractivity contribution is 5.89. The standard InChI is InChI=1S/C22H26N4O2/c27-21(16-9-10-16)26-12-5-4-8-19(26)22(28)25-13-11-17-18(14-25)24-20(23-17)15-6-2-1-3-7-15/h1-3,6-7,16,19H,4-5,8-14H2,(H,23,24)/t19-/m1/s1. The highest BCUT2D eigenvalue weighted by atomic mass is 16.2. The Morgan fingerprint density at radius 3 is 2.61 bits per heavy atom. The lowest BCUT2D eigenvalue weighted by Gasteiger charge is -2.38. The van der Waals surface area contributed by atoms with E-state index in [2.05, 4.69) is 4.98 Å². The Kier molecular flexibility index (Phi) is 4.41. The average Bonchev–Trinajstić information content (AvgIpc) is 3.51. The van der Waals surface area contributed by atoms with Crippen LogP contribution >= 0.6 is 0 Å². The molecule has 2 amide bonds. The zero-order valence-corrected chi connectivity index (χ0v) is 16.1. The molecule has 1 N–H and O–H groups in total. The van der Waals surface area contributed by atoms with E-state index in [4.69, 9.17) is 4.98 Å². The monoisotopic (exact) mass is 378 g/mol. The van der Waals surface area contributed by atoms with Gasteiger partial charge in [-0.3, -0.25) is 9.59 Å². The Labute approximate surface area is 164 Å². The number of benzene rings is 1. The molecule has 0 bridgehead atoms. The van der Waals surface area contributed by atoms with E-state index in [0.29, 0.717) is 13.1 Å². The summed E-state index contributed by atoms with van der Waals surface area (Å²) in [5.74, 6) is 1.34. The number of aromatic amines is 1. The molecule has 1 saturated carbocycles. The molecular weight excluding hydrogens is 352 g/mol. The molecule has 2 aromatic rings. The number of carbonyl (C=O) groups excluding carboxylic acids is 2. The first-order valence-electron chi connectivity index (χ1n) is 10.4. The summed E-state index contributed by atoms with van der Waals surface area (Å²) in [5, 5.41) is 0. The third-order valence-electron chi connectivity index (χ3n) is 6.19. The van der Waals surface area contributed by atoms with Crippen LogP contribution in [-0.2, 0) is 22.6 Å². The van der Waals surface area contributed by atoms with Gasteiger partial charge in [0.05, 0.1) is 17.9 Å². The minimum Gasteiger partial charge on any atom is -0.340 e. The van der Waals surface area contributed by atoms with Gasteiger partial charge in [0.15, 0.2) is 0 Å². The fraction of sp³-hybridized carbons (Fsp3) is 0.500. The second-order valence-corrected chi connectivity index (χ2v) is 8.20. The van der Waals surface area contributed by atoms with Crippen molar-refractivity contribution < 1.29 is 9.59 Å². The van der Waals surface area contributed by atoms with E-state index in [0.717, 1.165) is 67.8 Å². The molecule has 5 rings (SSSR count). The van der Waals surface area contributed by atoms with Gasteiger partial charge >= 0.3 is 0 Å². The first-order valence-corrected chi connectivity index (χ1v) is 10.4. The molecule has 6 heteroatoms. The number of fused-ring (bicyclic) bond motifs is 1. The lowest BCUT2D eigenvalue weighted by Crippen LogP contribution is -2.54. The molecule has 146 valence electrons. The van der Waals surface area contributed by atoms with Crippen LogP contribution in [0.15, 0.2) is 30.3 Å². The van der Waals surface area contributed by atoms with Crippen LogP contribution in [0.25, 0.3) is 11.4 Å². The highest BCUT2D eigenvalue weighted by Crippen LogP contribution is 2.34. The van der Waals surface area contributed by atoms with E-state index >= 15 is 0 Å². The summed E-state index contributed by atoms with van der Waals surface area (Å²) >= 11 is 0. The molecule has 1 aromatic carbocycles. The molecule has 6 nitrogen and oxygen atoms in total. The van der Waals surface area contributed by atoms with Gasteiger partial charge in [0.1, 0.15) is 11.9 Å². The third-order valence-corrected chi connectivity index (χ3v) is 6.19. The van der Waals surface area contributed by atoms with Crippen molar-refractivity contribution in [3.05, 3.63) is 41.7 Å². The minimum absolute atomic E-state index is 0.107. The molecule has 1 aliphatic carbocycles. The van der Waals surface area contributed by atoms with Gasteiger partial charge < -0.3 is 14.8 Å². The van der Waals surface area contributed by atoms with Gasteiger partial charge in [-0.1, -0.05) is 30.3 Å². The zero-order valence-electron chi connectivity index (χ0n) is 16.1. The van der Waals surface area contributed by atoms with Crippen LogP contribution in [0.1, 0.15) is 43.5 Å². The normalized spacial score (nSPS) is 22.1. The maximum absolute atomic E-state index is 13.3. The van der Waals surface area contributed by atoms with Gasteiger partial charge in [0.2, 0.25) is 11.8 Å². The number of nitrogens with one attached hydrogen (secondary N) is 1. The Morgan fingerprint density at radius 1 is 1.00 bits per heavy atom. The van der Waals surface area contributed by atoms with E-state index in [1.54, 1.807) is 0 Å². The number of H-pyrrole nitrogens is 1. The van der Waals surface area contributed by atoms with Crippen LogP contribution in [0.2, 0.25) is 0 Å². The molecule has 3 heterocycles. The molecule has 1 atom stereocenters. The van der Waals surface area contributed by atoms with Crippen LogP contribution in [0.4, 0.5) is 0 Å². The van der Waals surface area contributed by atoms with Crippen LogP contribution in [-0.4, -0.2) is 50.7 Å². The van der Waals surface area contributed by atoms with Gasteiger partial charge in [-0.25, -0.2) is 4.98 Å². The van der Waals surface area contributed by atoms with E-state index in [1.165, 1.54) is 0 Å². The molecule has 3 aliphatic rings. The summed E-state index contributed by atoms with van der Waals surface area (Å²) < 4.78 is 0. The predicted molar refractivity (Wildman–Crippen MR) is 105 cm³/mol. The second-order valence-electron chi connectivity index (χ2n) is 8.20. The van der Waals surface area contributed by atoms with Crippen molar-refractivity contribution in [1.29, 1.82) is 0 Å². The van der Waals surface area contributed by atoms with Crippen LogP contribution in [0, 0.1) is 5.92 Å². The van der Waals surface area contributed by atoms with Crippen molar-refractivity contribution in [2.24, 2.45) is 5.92 Å². The van der Waals surface area contributed by atoms with Crippen molar-refractivity contribution in [2.75, 3.05) is 13.1 Å². The quantitative estimate of drug-likeness (QED) is 0.893. The molecule has 1 saturated heterocycles. The summed E-state index contributed by atoms with van der Waals surface area (Å²) in [6.45, 7) is 1.95. The summed E-state index contributed by atoms with van der Waals surface area (Å²) in [6.07, 6.45) is 5.55. The van der Waals surface area contributed by atoms with Gasteiger partial charge in [-0.15, -0.1) is 0 Å². The number of hydrogen-bond donors (Lipinski definition) is 1. The fourth-order valence-electron chi connectivity index (χ4n) is 4.44. The minimum atomic E-state index is -0.278. The van der Waals surface area contributed by atoms with Crippen LogP contribution < -0.4 is 0 Å². The molecule has 1 aromatic heterocycles. The lowest BCUT2D eigenvalue weighted by atomic mass is 9.99. The molecule has 0 spiro atoms. The Bertz CT molecular complexity index is 887. The number of piperidine rings is 1. The lowest BCUT2D eigenvalue weighted by molar-refractivity contribution is -0.149. The number of aromatic nitrogens is 2. The number of nitrogens with zero attached hydrogens (tertiary/aromatic N) is 3. The van der Waals surface area contributed by atoms with Crippen molar-refractivity contribution in [3.8, 4) is 11.4 Å². The highest BCUT2D eigenvalue weighted by Gasteiger charge is 2.41. The molecule has 2 aliphatic heterocycles. The number of rotatable bonds is 3. The molecule has 28 heavy (non-hydrogen) atoms. The van der Waals surface area contributed by atoms with Crippen LogP contribution in [0.5, 0.6) is 0 Å². The number of imidazole rings is 1. The van der Waals surface area contributed by atoms with Gasteiger partial charge in [0, 0.05) is 31.0 Å². The molecular formula is C22H26N4O2. The van der Waals surface area contributed by atoms with Crippen molar-refractivity contribution in [1.82, 2.24) is 19.8 Å². The number of likely N-dealkylation sites (tertiary alicyclic amines) is 1. The van der Waals surface area contributed by atoms with Gasteiger partial charge in [0.25, 0.3) is 0 Å². The third kappa shape index (κ3) is 3.21. The summed E-state index contributed by atoms with van der Waals surface area (Å²) in [7, 11) is 0. The zero-order chi connectivity index (χ0) is 19.1. The summed E-state index contributed by atoms with van der Waals surface area (Å²) in [5.41, 5.74) is 3.13. The number of hydrogen-bond acceptors (Lipinski definition) is 3. The first-order chi connectivity index (χ1) is 13.7. The Hall–Kier alpha value is -2.63. The topological polar surface area (TPSA) is 69.3 Å². The predicted octanol–water partition coefficient (Wildman–Crippen LogP) is 2.75. The fourth-order valence-corrected chi connectivity index (χ4v) is 4.44. The average molecular weight is 378 g/mol. The second kappa shape index (κ2) is 7.08. The van der Waals surface area contributed by atoms with Crippen molar-refractivity contribution in [3.63, 3.8) is 0 Å². The van der Waals surface area contributed by atoms with E-state index < -0.39 is 0 Å². The van der Waals surface area contributed by atoms with Crippen molar-refractivity contribution in [2.45, 2.75) is 51.1 Å². The van der Waals surface area contributed by atoms with Gasteiger partial charge in [-0.2, -0.15) is 0 Å². The SMILES string of the molecule is O=C([C@H]1CCCCN1C(=O)C1CC1)N1CCc2nc(-c3ccccc3)[nH]c2C1. The maximum Gasteiger partial charge on any atom is 0.245 e. The first kappa shape index (κ1) is 17.5.